The van der Waals surface area contributed by atoms with Crippen molar-refractivity contribution in [2.24, 2.45) is 0 Å². The van der Waals surface area contributed by atoms with Crippen LogP contribution in [0.4, 0.5) is 0 Å². The van der Waals surface area contributed by atoms with Crippen LogP contribution in [0.25, 0.3) is 0 Å². The number of thioether (sulfide) groups is 1. The van der Waals surface area contributed by atoms with E-state index in [0.29, 0.717) is 32.8 Å². The molecule has 0 saturated carbocycles. The largest absolute Gasteiger partial charge is 0.368 e. The summed E-state index contributed by atoms with van der Waals surface area (Å²) >= 11 is 1.88. The van der Waals surface area contributed by atoms with Gasteiger partial charge in [-0.15, -0.1) is 11.8 Å². The van der Waals surface area contributed by atoms with Crippen LogP contribution >= 0.6 is 11.8 Å². The average Bonchev–Trinajstić information content (AvgIpc) is 3.11. The lowest BCUT2D eigenvalue weighted by molar-refractivity contribution is -0.140. The zero-order chi connectivity index (χ0) is 17.9. The molecule has 0 aromatic heterocycles. The highest BCUT2D eigenvalue weighted by molar-refractivity contribution is 7.99. The molecule has 140 valence electrons. The summed E-state index contributed by atoms with van der Waals surface area (Å²) in [5, 5.41) is 0. The average molecular weight is 375 g/mol. The normalized spacial score (nSPS) is 23.5. The fourth-order valence-electron chi connectivity index (χ4n) is 3.99. The highest BCUT2D eigenvalue weighted by Gasteiger charge is 2.30. The van der Waals surface area contributed by atoms with Crippen LogP contribution in [0.2, 0.25) is 0 Å². The maximum atomic E-state index is 13.0. The van der Waals surface area contributed by atoms with E-state index in [1.54, 1.807) is 0 Å². The number of ether oxygens (including phenoxy) is 1. The van der Waals surface area contributed by atoms with E-state index in [-0.39, 0.29) is 17.9 Å². The predicted octanol–water partition coefficient (Wildman–Crippen LogP) is 2.58. The molecule has 3 heterocycles. The van der Waals surface area contributed by atoms with Crippen LogP contribution in [0, 0.1) is 0 Å². The first-order valence-corrected chi connectivity index (χ1v) is 10.7. The molecule has 2 saturated heterocycles. The van der Waals surface area contributed by atoms with Gasteiger partial charge in [-0.05, 0) is 61.6 Å². The lowest BCUT2D eigenvalue weighted by atomic mass is 10.1. The van der Waals surface area contributed by atoms with E-state index in [9.17, 15) is 9.59 Å². The van der Waals surface area contributed by atoms with Crippen LogP contribution in [0.1, 0.15) is 41.6 Å². The van der Waals surface area contributed by atoms with Gasteiger partial charge in [-0.3, -0.25) is 9.59 Å². The van der Waals surface area contributed by atoms with Crippen molar-refractivity contribution >= 4 is 23.6 Å². The first kappa shape index (κ1) is 17.9. The molecule has 0 spiro atoms. The fraction of sp³-hybridized carbons (Fsp3) is 0.600. The van der Waals surface area contributed by atoms with Gasteiger partial charge < -0.3 is 14.5 Å². The number of nitrogens with zero attached hydrogens (tertiary/aromatic N) is 2. The number of carbonyl (C=O) groups excluding carboxylic acids is 2. The minimum Gasteiger partial charge on any atom is -0.368 e. The Labute approximate surface area is 159 Å². The quantitative estimate of drug-likeness (QED) is 0.798. The van der Waals surface area contributed by atoms with Crippen molar-refractivity contribution < 1.29 is 14.3 Å². The standard InChI is InChI=1S/C20H26N2O3S/c23-19(16-6-7-18-15(14-16)4-2-13-26-18)21-8-3-9-22(11-10-21)20(24)17-5-1-12-25-17/h6-7,14,17H,1-5,8-13H2. The van der Waals surface area contributed by atoms with Gasteiger partial charge in [0.05, 0.1) is 0 Å². The first-order chi connectivity index (χ1) is 12.7. The van der Waals surface area contributed by atoms with Crippen LogP contribution in [0.5, 0.6) is 0 Å². The molecule has 1 aromatic carbocycles. The number of amides is 2. The molecular formula is C20H26N2O3S. The second kappa shape index (κ2) is 8.01. The second-order valence-corrected chi connectivity index (χ2v) is 8.38. The molecule has 0 N–H and O–H groups in total. The third kappa shape index (κ3) is 3.76. The van der Waals surface area contributed by atoms with E-state index in [1.807, 2.05) is 27.6 Å². The summed E-state index contributed by atoms with van der Waals surface area (Å²) in [4.78, 5) is 30.6. The van der Waals surface area contributed by atoms with E-state index in [1.165, 1.54) is 22.6 Å². The Morgan fingerprint density at radius 1 is 1.04 bits per heavy atom. The van der Waals surface area contributed by atoms with E-state index in [2.05, 4.69) is 12.1 Å². The van der Waals surface area contributed by atoms with E-state index in [0.717, 1.165) is 31.2 Å². The second-order valence-electron chi connectivity index (χ2n) is 7.25. The van der Waals surface area contributed by atoms with Gasteiger partial charge in [-0.1, -0.05) is 0 Å². The van der Waals surface area contributed by atoms with Gasteiger partial charge in [-0.2, -0.15) is 0 Å². The van der Waals surface area contributed by atoms with Crippen LogP contribution in [0.3, 0.4) is 0 Å². The van der Waals surface area contributed by atoms with Gasteiger partial charge in [0.15, 0.2) is 0 Å². The first-order valence-electron chi connectivity index (χ1n) is 9.68. The minimum atomic E-state index is -0.268. The summed E-state index contributed by atoms with van der Waals surface area (Å²) in [5.41, 5.74) is 2.09. The molecule has 26 heavy (non-hydrogen) atoms. The third-order valence-electron chi connectivity index (χ3n) is 5.46. The Hall–Kier alpha value is -1.53. The lowest BCUT2D eigenvalue weighted by Crippen LogP contribution is -2.41. The van der Waals surface area contributed by atoms with E-state index >= 15 is 0 Å². The molecule has 1 aromatic rings. The Bertz CT molecular complexity index is 688. The lowest BCUT2D eigenvalue weighted by Gasteiger charge is -2.24. The molecule has 0 aliphatic carbocycles. The molecule has 1 unspecified atom stereocenters. The maximum Gasteiger partial charge on any atom is 0.253 e. The van der Waals surface area contributed by atoms with Crippen molar-refractivity contribution in [3.63, 3.8) is 0 Å². The Morgan fingerprint density at radius 3 is 2.73 bits per heavy atom. The molecule has 1 atom stereocenters. The Balaban J connectivity index is 1.40. The van der Waals surface area contributed by atoms with Gasteiger partial charge in [0.25, 0.3) is 11.8 Å². The molecule has 6 heteroatoms. The van der Waals surface area contributed by atoms with Crippen molar-refractivity contribution in [1.29, 1.82) is 0 Å². The van der Waals surface area contributed by atoms with E-state index in [4.69, 9.17) is 4.74 Å². The smallest absolute Gasteiger partial charge is 0.253 e. The number of hydrogen-bond donors (Lipinski definition) is 0. The molecule has 3 aliphatic rings. The highest BCUT2D eigenvalue weighted by atomic mass is 32.2. The van der Waals surface area contributed by atoms with E-state index < -0.39 is 0 Å². The van der Waals surface area contributed by atoms with Gasteiger partial charge >= 0.3 is 0 Å². The monoisotopic (exact) mass is 374 g/mol. The van der Waals surface area contributed by atoms with Gasteiger partial charge in [0.2, 0.25) is 0 Å². The minimum absolute atomic E-state index is 0.0924. The number of rotatable bonds is 2. The molecule has 4 rings (SSSR count). The van der Waals surface area contributed by atoms with Crippen molar-refractivity contribution in [1.82, 2.24) is 9.80 Å². The third-order valence-corrected chi connectivity index (χ3v) is 6.66. The van der Waals surface area contributed by atoms with Crippen LogP contribution in [-0.4, -0.2) is 66.3 Å². The van der Waals surface area contributed by atoms with Crippen LogP contribution < -0.4 is 0 Å². The Kier molecular flexibility index (Phi) is 5.50. The topological polar surface area (TPSA) is 49.9 Å². The zero-order valence-electron chi connectivity index (χ0n) is 15.1. The van der Waals surface area contributed by atoms with Gasteiger partial charge in [-0.25, -0.2) is 0 Å². The summed E-state index contributed by atoms with van der Waals surface area (Å²) in [6.07, 6.45) is 4.59. The maximum absolute atomic E-state index is 13.0. The predicted molar refractivity (Wildman–Crippen MR) is 102 cm³/mol. The molecule has 3 aliphatic heterocycles. The molecule has 2 fully saturated rings. The van der Waals surface area contributed by atoms with Gasteiger partial charge in [0.1, 0.15) is 6.10 Å². The summed E-state index contributed by atoms with van der Waals surface area (Å²) in [6.45, 7) is 3.31. The zero-order valence-corrected chi connectivity index (χ0v) is 15.9. The number of carbonyl (C=O) groups is 2. The summed E-state index contributed by atoms with van der Waals surface area (Å²) in [6, 6.07) is 6.13. The molecular weight excluding hydrogens is 348 g/mol. The number of aryl methyl sites for hydroxylation is 1. The molecule has 0 radical (unpaired) electrons. The summed E-state index contributed by atoms with van der Waals surface area (Å²) in [5.74, 6) is 1.36. The van der Waals surface area contributed by atoms with Crippen molar-refractivity contribution in [3.05, 3.63) is 29.3 Å². The number of hydrogen-bond acceptors (Lipinski definition) is 4. The van der Waals surface area contributed by atoms with Crippen LogP contribution in [0.15, 0.2) is 23.1 Å². The van der Waals surface area contributed by atoms with Gasteiger partial charge in [0, 0.05) is 43.2 Å². The van der Waals surface area contributed by atoms with Crippen molar-refractivity contribution in [2.45, 2.75) is 43.1 Å². The molecule has 2 amide bonds. The van der Waals surface area contributed by atoms with Crippen LogP contribution in [-0.2, 0) is 16.0 Å². The number of benzene rings is 1. The molecule has 0 bridgehead atoms. The SMILES string of the molecule is O=C(c1ccc2c(c1)CCCS2)N1CCCN(C(=O)C2CCCO2)CC1. The number of fused-ring (bicyclic) bond motifs is 1. The Morgan fingerprint density at radius 2 is 1.88 bits per heavy atom. The summed E-state index contributed by atoms with van der Waals surface area (Å²) < 4.78 is 5.53. The summed E-state index contributed by atoms with van der Waals surface area (Å²) in [7, 11) is 0. The fourth-order valence-corrected chi connectivity index (χ4v) is 5.01. The highest BCUT2D eigenvalue weighted by Crippen LogP contribution is 2.30. The molecule has 5 nitrogen and oxygen atoms in total. The van der Waals surface area contributed by atoms with Crippen molar-refractivity contribution in [2.75, 3.05) is 38.5 Å². The van der Waals surface area contributed by atoms with Crippen molar-refractivity contribution in [3.8, 4) is 0 Å².